The summed E-state index contributed by atoms with van der Waals surface area (Å²) < 4.78 is 5.29. The molecule has 0 heterocycles. The number of ether oxygens (including phenoxy) is 1. The van der Waals surface area contributed by atoms with Crippen molar-refractivity contribution in [2.75, 3.05) is 13.7 Å². The molecule has 0 amide bonds. The van der Waals surface area contributed by atoms with Gasteiger partial charge < -0.3 is 10.5 Å². The zero-order valence-electron chi connectivity index (χ0n) is 9.97. The maximum absolute atomic E-state index is 5.49. The van der Waals surface area contributed by atoms with Gasteiger partial charge in [-0.3, -0.25) is 0 Å². The smallest absolute Gasteiger partial charge is 0.122 e. The summed E-state index contributed by atoms with van der Waals surface area (Å²) in [5, 5.41) is 0. The van der Waals surface area contributed by atoms with Crippen molar-refractivity contribution in [1.29, 1.82) is 0 Å². The molecular weight excluding hydrogens is 186 g/mol. The second-order valence-corrected chi connectivity index (χ2v) is 3.99. The van der Waals surface area contributed by atoms with E-state index in [2.05, 4.69) is 26.0 Å². The Hall–Kier alpha value is -1.02. The molecule has 1 aromatic carbocycles. The van der Waals surface area contributed by atoms with Crippen LogP contribution in [0.2, 0.25) is 0 Å². The van der Waals surface area contributed by atoms with Crippen molar-refractivity contribution in [2.45, 2.75) is 33.1 Å². The highest BCUT2D eigenvalue weighted by Gasteiger charge is 2.04. The lowest BCUT2D eigenvalue weighted by molar-refractivity contribution is 0.411. The molecule has 2 heteroatoms. The summed E-state index contributed by atoms with van der Waals surface area (Å²) in [5.74, 6) is 0.982. The average Bonchev–Trinajstić information content (AvgIpc) is 2.23. The normalized spacial score (nSPS) is 10.4. The number of hydrogen-bond donors (Lipinski definition) is 1. The molecule has 0 spiro atoms. The van der Waals surface area contributed by atoms with E-state index in [4.69, 9.17) is 10.5 Å². The molecule has 0 atom stereocenters. The molecule has 0 aliphatic heterocycles. The molecule has 0 saturated carbocycles. The van der Waals surface area contributed by atoms with Crippen LogP contribution < -0.4 is 10.5 Å². The van der Waals surface area contributed by atoms with Crippen molar-refractivity contribution >= 4 is 0 Å². The van der Waals surface area contributed by atoms with Gasteiger partial charge in [-0.15, -0.1) is 0 Å². The monoisotopic (exact) mass is 207 g/mol. The van der Waals surface area contributed by atoms with Crippen LogP contribution in [-0.2, 0) is 6.42 Å². The highest BCUT2D eigenvalue weighted by molar-refractivity contribution is 5.41. The predicted octanol–water partition coefficient (Wildman–Crippen LogP) is 2.59. The first-order chi connectivity index (χ1) is 7.19. The number of benzene rings is 1. The van der Waals surface area contributed by atoms with Gasteiger partial charge in [0.05, 0.1) is 7.11 Å². The van der Waals surface area contributed by atoms with E-state index in [9.17, 15) is 0 Å². The molecule has 1 aromatic rings. The van der Waals surface area contributed by atoms with Gasteiger partial charge in [-0.1, -0.05) is 6.07 Å². The van der Waals surface area contributed by atoms with Gasteiger partial charge in [0.15, 0.2) is 0 Å². The Bertz CT molecular complexity index is 321. The molecule has 0 radical (unpaired) electrons. The highest BCUT2D eigenvalue weighted by Crippen LogP contribution is 2.23. The number of hydrogen-bond acceptors (Lipinski definition) is 2. The van der Waals surface area contributed by atoms with Crippen molar-refractivity contribution in [1.82, 2.24) is 0 Å². The van der Waals surface area contributed by atoms with E-state index in [0.717, 1.165) is 25.1 Å². The average molecular weight is 207 g/mol. The van der Waals surface area contributed by atoms with E-state index in [1.807, 2.05) is 0 Å². The van der Waals surface area contributed by atoms with Gasteiger partial charge in [-0.2, -0.15) is 0 Å². The predicted molar refractivity (Wildman–Crippen MR) is 64.5 cm³/mol. The fourth-order valence-electron chi connectivity index (χ4n) is 1.80. The van der Waals surface area contributed by atoms with Crippen LogP contribution in [0.3, 0.4) is 0 Å². The third kappa shape index (κ3) is 3.24. The fraction of sp³-hybridized carbons (Fsp3) is 0.538. The maximum atomic E-state index is 5.49. The van der Waals surface area contributed by atoms with Crippen LogP contribution in [0.15, 0.2) is 12.1 Å². The molecule has 0 fully saturated rings. The molecule has 2 N–H and O–H groups in total. The van der Waals surface area contributed by atoms with Crippen LogP contribution in [-0.4, -0.2) is 13.7 Å². The number of rotatable bonds is 5. The summed E-state index contributed by atoms with van der Waals surface area (Å²) in [5.41, 5.74) is 9.43. The molecule has 2 nitrogen and oxygen atoms in total. The second-order valence-electron chi connectivity index (χ2n) is 3.99. The summed E-state index contributed by atoms with van der Waals surface area (Å²) in [6, 6.07) is 4.35. The molecule has 84 valence electrons. The van der Waals surface area contributed by atoms with Gasteiger partial charge >= 0.3 is 0 Å². The molecule has 0 saturated heterocycles. The molecule has 0 aliphatic carbocycles. The summed E-state index contributed by atoms with van der Waals surface area (Å²) in [6.45, 7) is 5.01. The number of methoxy groups -OCH3 is 1. The second kappa shape index (κ2) is 5.76. The van der Waals surface area contributed by atoms with Gasteiger partial charge in [0.2, 0.25) is 0 Å². The van der Waals surface area contributed by atoms with Crippen molar-refractivity contribution in [2.24, 2.45) is 5.73 Å². The topological polar surface area (TPSA) is 35.2 Å². The van der Waals surface area contributed by atoms with E-state index in [-0.39, 0.29) is 0 Å². The quantitative estimate of drug-likeness (QED) is 0.753. The lowest BCUT2D eigenvalue weighted by Gasteiger charge is -2.11. The minimum Gasteiger partial charge on any atom is -0.496 e. The van der Waals surface area contributed by atoms with Crippen LogP contribution in [0.1, 0.15) is 29.5 Å². The first-order valence-electron chi connectivity index (χ1n) is 5.53. The van der Waals surface area contributed by atoms with Crippen LogP contribution in [0.4, 0.5) is 0 Å². The summed E-state index contributed by atoms with van der Waals surface area (Å²) in [6.07, 6.45) is 3.39. The largest absolute Gasteiger partial charge is 0.496 e. The van der Waals surface area contributed by atoms with E-state index < -0.39 is 0 Å². The molecular formula is C13H21NO. The van der Waals surface area contributed by atoms with Crippen LogP contribution >= 0.6 is 0 Å². The Morgan fingerprint density at radius 3 is 2.47 bits per heavy atom. The van der Waals surface area contributed by atoms with E-state index in [1.165, 1.54) is 23.1 Å². The van der Waals surface area contributed by atoms with Gasteiger partial charge in [-0.05, 0) is 62.4 Å². The van der Waals surface area contributed by atoms with Gasteiger partial charge in [0.25, 0.3) is 0 Å². The summed E-state index contributed by atoms with van der Waals surface area (Å²) in [7, 11) is 1.72. The van der Waals surface area contributed by atoms with Crippen LogP contribution in [0, 0.1) is 13.8 Å². The van der Waals surface area contributed by atoms with E-state index in [1.54, 1.807) is 7.11 Å². The third-order valence-electron chi connectivity index (χ3n) is 2.75. The first-order valence-corrected chi connectivity index (χ1v) is 5.53. The minimum absolute atomic E-state index is 0.786. The number of unbranched alkanes of at least 4 members (excludes halogenated alkanes) is 1. The Morgan fingerprint density at radius 1 is 1.13 bits per heavy atom. The lowest BCUT2D eigenvalue weighted by Crippen LogP contribution is -2.00. The van der Waals surface area contributed by atoms with Gasteiger partial charge in [-0.25, -0.2) is 0 Å². The standard InChI is InChI=1S/C13H21NO/c1-10-9-13(15-3)11(2)8-12(10)6-4-5-7-14/h8-9H,4-7,14H2,1-3H3. The third-order valence-corrected chi connectivity index (χ3v) is 2.75. The molecule has 0 aliphatic rings. The lowest BCUT2D eigenvalue weighted by atomic mass is 10.00. The number of nitrogens with two attached hydrogens (primary N) is 1. The first kappa shape index (κ1) is 12.1. The molecule has 0 bridgehead atoms. The van der Waals surface area contributed by atoms with Crippen LogP contribution in [0.25, 0.3) is 0 Å². The van der Waals surface area contributed by atoms with Crippen molar-refractivity contribution in [3.63, 3.8) is 0 Å². The maximum Gasteiger partial charge on any atom is 0.122 e. The minimum atomic E-state index is 0.786. The number of aryl methyl sites for hydroxylation is 3. The molecule has 0 aromatic heterocycles. The Kier molecular flexibility index (Phi) is 4.63. The zero-order chi connectivity index (χ0) is 11.3. The van der Waals surface area contributed by atoms with Crippen LogP contribution in [0.5, 0.6) is 5.75 Å². The van der Waals surface area contributed by atoms with Gasteiger partial charge in [0.1, 0.15) is 5.75 Å². The van der Waals surface area contributed by atoms with Crippen molar-refractivity contribution in [3.05, 3.63) is 28.8 Å². The summed E-state index contributed by atoms with van der Waals surface area (Å²) >= 11 is 0. The van der Waals surface area contributed by atoms with E-state index in [0.29, 0.717) is 0 Å². The SMILES string of the molecule is COc1cc(C)c(CCCCN)cc1C. The van der Waals surface area contributed by atoms with Gasteiger partial charge in [0, 0.05) is 0 Å². The fourth-order valence-corrected chi connectivity index (χ4v) is 1.80. The summed E-state index contributed by atoms with van der Waals surface area (Å²) in [4.78, 5) is 0. The van der Waals surface area contributed by atoms with E-state index >= 15 is 0 Å². The Balaban J connectivity index is 2.76. The van der Waals surface area contributed by atoms with Crippen molar-refractivity contribution < 1.29 is 4.74 Å². The zero-order valence-corrected chi connectivity index (χ0v) is 9.97. The molecule has 1 rings (SSSR count). The molecule has 15 heavy (non-hydrogen) atoms. The molecule has 0 unspecified atom stereocenters. The Morgan fingerprint density at radius 2 is 1.87 bits per heavy atom. The van der Waals surface area contributed by atoms with Crippen molar-refractivity contribution in [3.8, 4) is 5.75 Å². The highest BCUT2D eigenvalue weighted by atomic mass is 16.5. The Labute approximate surface area is 92.4 Å².